The molecule has 0 fully saturated rings. The molecule has 0 radical (unpaired) electrons. The first-order chi connectivity index (χ1) is 10.6. The molecule has 0 bridgehead atoms. The van der Waals surface area contributed by atoms with E-state index in [1.54, 1.807) is 39.9 Å². The average molecular weight is 300 g/mol. The Bertz CT molecular complexity index is 882. The summed E-state index contributed by atoms with van der Waals surface area (Å²) in [6.45, 7) is 0.351. The minimum absolute atomic E-state index is 0.158. The van der Waals surface area contributed by atoms with Gasteiger partial charge in [0.25, 0.3) is 0 Å². The van der Waals surface area contributed by atoms with E-state index in [-0.39, 0.29) is 5.69 Å². The van der Waals surface area contributed by atoms with Crippen molar-refractivity contribution in [3.63, 3.8) is 0 Å². The number of fused-ring (bicyclic) bond motifs is 1. The van der Waals surface area contributed by atoms with Gasteiger partial charge in [-0.15, -0.1) is 0 Å². The lowest BCUT2D eigenvalue weighted by molar-refractivity contribution is 0.182. The van der Waals surface area contributed by atoms with Gasteiger partial charge in [-0.25, -0.2) is 14.8 Å². The summed E-state index contributed by atoms with van der Waals surface area (Å²) in [4.78, 5) is 20.9. The second kappa shape index (κ2) is 5.61. The topological polar surface area (TPSA) is 70.7 Å². The molecule has 3 aromatic rings. The maximum Gasteiger partial charge on any atom is 0.333 e. The lowest BCUT2D eigenvalue weighted by Gasteiger charge is -2.07. The Morgan fingerprint density at radius 2 is 2.09 bits per heavy atom. The predicted molar refractivity (Wildman–Crippen MR) is 80.9 cm³/mol. The standard InChI is InChI=1S/C15H16N4O3/c1-18-8-12(10-4-5-16-13(6-10)22-3)14-17-11(9-21-2)7-19(14)15(18)20/h4-8H,9H2,1-3H3. The highest BCUT2D eigenvalue weighted by Gasteiger charge is 2.13. The number of hydrogen-bond donors (Lipinski definition) is 0. The summed E-state index contributed by atoms with van der Waals surface area (Å²) in [6, 6.07) is 3.66. The molecular weight excluding hydrogens is 284 g/mol. The highest BCUT2D eigenvalue weighted by atomic mass is 16.5. The molecule has 22 heavy (non-hydrogen) atoms. The maximum atomic E-state index is 12.3. The largest absolute Gasteiger partial charge is 0.481 e. The van der Waals surface area contributed by atoms with E-state index in [2.05, 4.69) is 9.97 Å². The smallest absolute Gasteiger partial charge is 0.333 e. The molecule has 3 aromatic heterocycles. The lowest BCUT2D eigenvalue weighted by atomic mass is 10.1. The fourth-order valence-electron chi connectivity index (χ4n) is 2.35. The van der Waals surface area contributed by atoms with Crippen molar-refractivity contribution in [1.82, 2.24) is 18.9 Å². The van der Waals surface area contributed by atoms with E-state index in [0.717, 1.165) is 11.1 Å². The molecule has 0 amide bonds. The fraction of sp³-hybridized carbons (Fsp3) is 0.267. The van der Waals surface area contributed by atoms with Gasteiger partial charge in [0, 0.05) is 44.4 Å². The summed E-state index contributed by atoms with van der Waals surface area (Å²) in [5, 5.41) is 0. The Morgan fingerprint density at radius 3 is 2.82 bits per heavy atom. The molecule has 0 saturated carbocycles. The molecule has 0 atom stereocenters. The predicted octanol–water partition coefficient (Wildman–Crippen LogP) is 1.25. The summed E-state index contributed by atoms with van der Waals surface area (Å²) in [7, 11) is 4.87. The lowest BCUT2D eigenvalue weighted by Crippen LogP contribution is -2.23. The molecule has 114 valence electrons. The fourth-order valence-corrected chi connectivity index (χ4v) is 2.35. The Balaban J connectivity index is 2.28. The van der Waals surface area contributed by atoms with Crippen LogP contribution in [0.4, 0.5) is 0 Å². The maximum absolute atomic E-state index is 12.3. The number of ether oxygens (including phenoxy) is 2. The molecular formula is C15H16N4O3. The van der Waals surface area contributed by atoms with Gasteiger partial charge < -0.3 is 14.0 Å². The van der Waals surface area contributed by atoms with Crippen LogP contribution in [0.15, 0.2) is 35.5 Å². The van der Waals surface area contributed by atoms with Crippen LogP contribution in [0.3, 0.4) is 0 Å². The first kappa shape index (κ1) is 14.3. The van der Waals surface area contributed by atoms with Crippen LogP contribution >= 0.6 is 0 Å². The zero-order valence-electron chi connectivity index (χ0n) is 12.6. The number of nitrogens with zero attached hydrogens (tertiary/aromatic N) is 4. The van der Waals surface area contributed by atoms with E-state index < -0.39 is 0 Å². The normalized spacial score (nSPS) is 11.0. The average Bonchev–Trinajstić information content (AvgIpc) is 2.95. The molecule has 7 heteroatoms. The van der Waals surface area contributed by atoms with Gasteiger partial charge in [-0.1, -0.05) is 0 Å². The van der Waals surface area contributed by atoms with Gasteiger partial charge >= 0.3 is 5.69 Å². The molecule has 3 heterocycles. The van der Waals surface area contributed by atoms with Crippen molar-refractivity contribution in [2.45, 2.75) is 6.61 Å². The van der Waals surface area contributed by atoms with Crippen LogP contribution in [0, 0.1) is 0 Å². The second-order valence-electron chi connectivity index (χ2n) is 4.88. The van der Waals surface area contributed by atoms with E-state index in [4.69, 9.17) is 9.47 Å². The highest BCUT2D eigenvalue weighted by Crippen LogP contribution is 2.25. The molecule has 0 aliphatic rings. The van der Waals surface area contributed by atoms with Crippen molar-refractivity contribution >= 4 is 5.65 Å². The summed E-state index contributed by atoms with van der Waals surface area (Å²) in [5.41, 5.74) is 2.83. The second-order valence-corrected chi connectivity index (χ2v) is 4.88. The van der Waals surface area contributed by atoms with Crippen molar-refractivity contribution < 1.29 is 9.47 Å². The molecule has 0 aliphatic carbocycles. The molecule has 7 nitrogen and oxygen atoms in total. The molecule has 0 N–H and O–H groups in total. The minimum atomic E-state index is -0.158. The van der Waals surface area contributed by atoms with Crippen molar-refractivity contribution in [2.75, 3.05) is 14.2 Å². The first-order valence-electron chi connectivity index (χ1n) is 6.71. The van der Waals surface area contributed by atoms with Gasteiger partial charge in [-0.05, 0) is 11.6 Å². The van der Waals surface area contributed by atoms with E-state index in [1.807, 2.05) is 12.1 Å². The van der Waals surface area contributed by atoms with Crippen LogP contribution in [0.1, 0.15) is 5.69 Å². The Hall–Kier alpha value is -2.67. The summed E-state index contributed by atoms with van der Waals surface area (Å²) in [5.74, 6) is 0.508. The van der Waals surface area contributed by atoms with Crippen LogP contribution in [-0.4, -0.2) is 33.2 Å². The van der Waals surface area contributed by atoms with Crippen LogP contribution < -0.4 is 10.4 Å². The zero-order valence-corrected chi connectivity index (χ0v) is 12.6. The van der Waals surface area contributed by atoms with Gasteiger partial charge in [0.2, 0.25) is 5.88 Å². The van der Waals surface area contributed by atoms with Gasteiger partial charge in [0.1, 0.15) is 0 Å². The van der Waals surface area contributed by atoms with Gasteiger partial charge in [-0.3, -0.25) is 4.40 Å². The molecule has 0 spiro atoms. The molecule has 3 rings (SSSR count). The van der Waals surface area contributed by atoms with Crippen LogP contribution in [-0.2, 0) is 18.4 Å². The molecule has 0 aromatic carbocycles. The molecule has 0 unspecified atom stereocenters. The monoisotopic (exact) mass is 300 g/mol. The Kier molecular flexibility index (Phi) is 3.64. The number of aryl methyl sites for hydroxylation is 1. The summed E-state index contributed by atoms with van der Waals surface area (Å²) in [6.07, 6.45) is 5.12. The van der Waals surface area contributed by atoms with E-state index in [1.165, 1.54) is 8.97 Å². The van der Waals surface area contributed by atoms with Crippen molar-refractivity contribution in [2.24, 2.45) is 7.05 Å². The summed E-state index contributed by atoms with van der Waals surface area (Å²) >= 11 is 0. The number of hydrogen-bond acceptors (Lipinski definition) is 5. The van der Waals surface area contributed by atoms with Crippen LogP contribution in [0.25, 0.3) is 16.8 Å². The van der Waals surface area contributed by atoms with Gasteiger partial charge in [0.15, 0.2) is 5.65 Å². The Morgan fingerprint density at radius 1 is 1.27 bits per heavy atom. The SMILES string of the molecule is COCc1cn2c(=O)n(C)cc(-c3ccnc(OC)c3)c2n1. The summed E-state index contributed by atoms with van der Waals surface area (Å²) < 4.78 is 13.3. The third-order valence-corrected chi connectivity index (χ3v) is 3.37. The zero-order chi connectivity index (χ0) is 15.7. The van der Waals surface area contributed by atoms with Crippen molar-refractivity contribution in [1.29, 1.82) is 0 Å². The number of imidazole rings is 1. The van der Waals surface area contributed by atoms with E-state index in [0.29, 0.717) is 23.8 Å². The molecule has 0 aliphatic heterocycles. The molecule has 0 saturated heterocycles. The van der Waals surface area contributed by atoms with Crippen molar-refractivity contribution in [3.8, 4) is 17.0 Å². The van der Waals surface area contributed by atoms with E-state index >= 15 is 0 Å². The van der Waals surface area contributed by atoms with Gasteiger partial charge in [-0.2, -0.15) is 0 Å². The number of aromatic nitrogens is 4. The third kappa shape index (κ3) is 2.35. The van der Waals surface area contributed by atoms with Crippen molar-refractivity contribution in [3.05, 3.63) is 46.9 Å². The van der Waals surface area contributed by atoms with Gasteiger partial charge in [0.05, 0.1) is 19.4 Å². The third-order valence-electron chi connectivity index (χ3n) is 3.37. The minimum Gasteiger partial charge on any atom is -0.481 e. The quantitative estimate of drug-likeness (QED) is 0.725. The number of rotatable bonds is 4. The Labute approximate surface area is 126 Å². The van der Waals surface area contributed by atoms with Crippen LogP contribution in [0.2, 0.25) is 0 Å². The number of pyridine rings is 1. The number of methoxy groups -OCH3 is 2. The first-order valence-corrected chi connectivity index (χ1v) is 6.71. The van der Waals surface area contributed by atoms with Crippen LogP contribution in [0.5, 0.6) is 5.88 Å². The highest BCUT2D eigenvalue weighted by molar-refractivity contribution is 5.77. The van der Waals surface area contributed by atoms with E-state index in [9.17, 15) is 4.79 Å².